The molecule has 0 aromatic heterocycles. The van der Waals surface area contributed by atoms with E-state index in [1.807, 2.05) is 31.6 Å². The van der Waals surface area contributed by atoms with E-state index in [2.05, 4.69) is 201 Å². The summed E-state index contributed by atoms with van der Waals surface area (Å²) >= 11 is 4.86. The molecular weight excluding hydrogens is 829 g/mol. The maximum atomic E-state index is 4.88. The fourth-order valence-corrected chi connectivity index (χ4v) is 8.97. The van der Waals surface area contributed by atoms with Crippen LogP contribution in [-0.4, -0.2) is 0 Å². The summed E-state index contributed by atoms with van der Waals surface area (Å²) in [5, 5.41) is 8.39. The summed E-state index contributed by atoms with van der Waals surface area (Å²) in [7, 11) is -0.892. The van der Waals surface area contributed by atoms with Crippen LogP contribution in [0.1, 0.15) is 13.8 Å². The van der Waals surface area contributed by atoms with Crippen molar-refractivity contribution in [2.45, 2.75) is 13.8 Å². The minimum atomic E-state index is -0.446. The minimum absolute atomic E-state index is 0.446. The third kappa shape index (κ3) is 12.3. The maximum absolute atomic E-state index is 4.88. The van der Waals surface area contributed by atoms with Crippen LogP contribution in [0.5, 0.6) is 0 Å². The second-order valence-electron chi connectivity index (χ2n) is 9.83. The van der Waals surface area contributed by atoms with Gasteiger partial charge in [-0.2, -0.15) is 5.57 Å². The van der Waals surface area contributed by atoms with Crippen molar-refractivity contribution < 1.29 is 17.8 Å². The van der Waals surface area contributed by atoms with Crippen LogP contribution in [0.4, 0.5) is 0 Å². The second kappa shape index (κ2) is 21.6. The summed E-state index contributed by atoms with van der Waals surface area (Å²) in [6.45, 7) is 8.69. The van der Waals surface area contributed by atoms with E-state index in [0.717, 1.165) is 5.57 Å². The molecule has 6 aromatic carbocycles. The monoisotopic (exact) mass is 865 g/mol. The van der Waals surface area contributed by atoms with Crippen LogP contribution < -0.4 is 31.8 Å². The van der Waals surface area contributed by atoms with E-state index in [4.69, 9.17) is 6.58 Å². The average Bonchev–Trinajstić information content (AvgIpc) is 3.13. The number of allylic oxidation sites excluding steroid dienone is 1. The third-order valence-corrected chi connectivity index (χ3v) is 11.3. The predicted molar refractivity (Wildman–Crippen MR) is 202 cm³/mol. The standard InChI is InChI=1S/2C18H15P.C5H7.BrH.Pt/c2*1-4-10-16(11-5-1)19(17-12-6-2-7-13-17)18-14-8-3-9-15-18;1-4-5(2)3;;/h2*1-15H;1H,2-3H3;1H;/q;;-1;;+2/p-1. The number of halogens is 1. The van der Waals surface area contributed by atoms with E-state index in [1.54, 1.807) is 0 Å². The number of rotatable bonds is 6. The van der Waals surface area contributed by atoms with Gasteiger partial charge in [0.1, 0.15) is 0 Å². The van der Waals surface area contributed by atoms with Gasteiger partial charge in [0, 0.05) is 0 Å². The van der Waals surface area contributed by atoms with E-state index in [-0.39, 0.29) is 0 Å². The first-order valence-electron chi connectivity index (χ1n) is 14.5. The summed E-state index contributed by atoms with van der Waals surface area (Å²) in [5.74, 6) is 0. The summed E-state index contributed by atoms with van der Waals surface area (Å²) in [5.41, 5.74) is 3.48. The van der Waals surface area contributed by atoms with Crippen molar-refractivity contribution in [3.63, 3.8) is 0 Å². The average molecular weight is 867 g/mol. The van der Waals surface area contributed by atoms with Gasteiger partial charge in [-0.25, -0.2) is 6.58 Å². The van der Waals surface area contributed by atoms with Crippen LogP contribution in [0.3, 0.4) is 0 Å². The van der Waals surface area contributed by atoms with E-state index in [9.17, 15) is 0 Å². The molecule has 6 rings (SSSR count). The van der Waals surface area contributed by atoms with Crippen molar-refractivity contribution in [2.24, 2.45) is 0 Å². The van der Waals surface area contributed by atoms with Crippen molar-refractivity contribution in [1.29, 1.82) is 0 Å². The van der Waals surface area contributed by atoms with Gasteiger partial charge in [-0.15, -0.1) is 13.8 Å². The Kier molecular flexibility index (Phi) is 17.4. The van der Waals surface area contributed by atoms with Crippen molar-refractivity contribution in [2.75, 3.05) is 0 Å². The predicted octanol–water partition coefficient (Wildman–Crippen LogP) is 9.27. The Hall–Kier alpha value is -3.13. The molecule has 0 spiro atoms. The topological polar surface area (TPSA) is 0 Å². The molecule has 0 radical (unpaired) electrons. The largest absolute Gasteiger partial charge is 0.336 e. The Morgan fingerprint density at radius 3 is 0.644 bits per heavy atom. The first kappa shape index (κ1) is 36.3. The normalized spacial score (nSPS) is 9.76. The summed E-state index contributed by atoms with van der Waals surface area (Å²) in [6, 6.07) is 64.7. The van der Waals surface area contributed by atoms with Crippen LogP contribution in [0.2, 0.25) is 0 Å². The summed E-state index contributed by atoms with van der Waals surface area (Å²) in [6.07, 6.45) is 0. The molecule has 6 aromatic rings. The number of benzene rings is 6. The zero-order chi connectivity index (χ0) is 32.1. The number of hydrogen-bond acceptors (Lipinski definition) is 0. The van der Waals surface area contributed by atoms with Crippen LogP contribution in [0.15, 0.2) is 193 Å². The van der Waals surface area contributed by atoms with Crippen LogP contribution in [0.25, 0.3) is 0 Å². The number of hydrogen-bond donors (Lipinski definition) is 0. The minimum Gasteiger partial charge on any atom is -0.336 e. The van der Waals surface area contributed by atoms with Crippen molar-refractivity contribution in [3.05, 3.63) is 200 Å². The molecule has 45 heavy (non-hydrogen) atoms. The molecule has 0 saturated carbocycles. The second-order valence-corrected chi connectivity index (χ2v) is 14.3. The van der Waals surface area contributed by atoms with Crippen LogP contribution in [-0.2, 0) is 17.8 Å². The van der Waals surface area contributed by atoms with E-state index in [0.29, 0.717) is 0 Å². The molecule has 0 bridgehead atoms. The molecular formula is C41H37BrP2Pt. The Balaban J connectivity index is 0.000000204. The van der Waals surface area contributed by atoms with E-state index < -0.39 is 15.8 Å². The van der Waals surface area contributed by atoms with Gasteiger partial charge in [-0.05, 0) is 47.7 Å². The van der Waals surface area contributed by atoms with E-state index >= 15 is 0 Å². The molecule has 0 saturated heterocycles. The van der Waals surface area contributed by atoms with Gasteiger partial charge in [-0.3, -0.25) is 0 Å². The van der Waals surface area contributed by atoms with E-state index in [1.165, 1.54) is 31.8 Å². The molecule has 0 amide bonds. The maximum Gasteiger partial charge on any atom is -0.0134 e. The molecule has 0 fully saturated rings. The van der Waals surface area contributed by atoms with Gasteiger partial charge in [-0.1, -0.05) is 182 Å². The van der Waals surface area contributed by atoms with Crippen LogP contribution in [0, 0.1) is 6.58 Å². The molecule has 0 aliphatic heterocycles. The Labute approximate surface area is 290 Å². The first-order chi connectivity index (χ1) is 22.2. The molecule has 0 aliphatic rings. The molecule has 228 valence electrons. The van der Waals surface area contributed by atoms with Gasteiger partial charge in [0.15, 0.2) is 0 Å². The smallest absolute Gasteiger partial charge is 0.0134 e. The Morgan fingerprint density at radius 1 is 0.400 bits per heavy atom. The molecule has 0 atom stereocenters. The van der Waals surface area contributed by atoms with Gasteiger partial charge < -0.3 is 5.73 Å². The van der Waals surface area contributed by atoms with Crippen molar-refractivity contribution >= 4 is 61.0 Å². The molecule has 0 unspecified atom stereocenters. The Morgan fingerprint density at radius 2 is 0.533 bits per heavy atom. The fraction of sp³-hybridized carbons (Fsp3) is 0.0488. The quantitative estimate of drug-likeness (QED) is 0.0891. The zero-order valence-electron chi connectivity index (χ0n) is 25.5. The van der Waals surface area contributed by atoms with Gasteiger partial charge in [0.2, 0.25) is 0 Å². The Bertz CT molecular complexity index is 1350. The SMILES string of the molecule is [Br][Pt+].[CH-]=C=C(C)C.c1ccc(P(c2ccccc2)c2ccccc2)cc1.c1ccc(P(c2ccccc2)c2ccccc2)cc1. The summed E-state index contributed by atoms with van der Waals surface area (Å²) < 4.78 is 0. The van der Waals surface area contributed by atoms with Crippen molar-refractivity contribution in [1.82, 2.24) is 0 Å². The third-order valence-electron chi connectivity index (χ3n) is 6.38. The van der Waals surface area contributed by atoms with Gasteiger partial charge >= 0.3 is 31.1 Å². The molecule has 0 aliphatic carbocycles. The van der Waals surface area contributed by atoms with Gasteiger partial charge in [0.25, 0.3) is 0 Å². The first-order valence-corrected chi connectivity index (χ1v) is 22.1. The zero-order valence-corrected chi connectivity index (χ0v) is 31.1. The fourth-order valence-electron chi connectivity index (χ4n) is 4.36. The van der Waals surface area contributed by atoms with Crippen LogP contribution >= 0.6 is 29.1 Å². The molecule has 0 heterocycles. The summed E-state index contributed by atoms with van der Waals surface area (Å²) in [4.78, 5) is 0. The molecule has 0 nitrogen and oxygen atoms in total. The molecule has 0 N–H and O–H groups in total. The van der Waals surface area contributed by atoms with Gasteiger partial charge in [0.05, 0.1) is 0 Å². The van der Waals surface area contributed by atoms with Crippen molar-refractivity contribution in [3.8, 4) is 0 Å². The molecule has 4 heteroatoms.